The van der Waals surface area contributed by atoms with Crippen LogP contribution in [-0.2, 0) is 4.74 Å². The number of nitrogens with one attached hydrogen (secondary N) is 1. The highest BCUT2D eigenvalue weighted by Gasteiger charge is 2.16. The average Bonchev–Trinajstić information content (AvgIpc) is 2.40. The van der Waals surface area contributed by atoms with Crippen molar-refractivity contribution in [2.45, 2.75) is 0 Å². The number of hydrogen-bond acceptors (Lipinski definition) is 3. The Bertz CT molecular complexity index is 478. The summed E-state index contributed by atoms with van der Waals surface area (Å²) in [4.78, 5) is 16.3. The average molecular weight is 247 g/mol. The van der Waals surface area contributed by atoms with Crippen molar-refractivity contribution in [3.63, 3.8) is 0 Å². The van der Waals surface area contributed by atoms with Gasteiger partial charge in [0.2, 0.25) is 0 Å². The van der Waals surface area contributed by atoms with Gasteiger partial charge < -0.3 is 15.0 Å². The van der Waals surface area contributed by atoms with Crippen molar-refractivity contribution in [2.75, 3.05) is 31.6 Å². The second-order valence-electron chi connectivity index (χ2n) is 3.77. The summed E-state index contributed by atoms with van der Waals surface area (Å²) in [7, 11) is 0. The largest absolute Gasteiger partial charge is 0.378 e. The summed E-state index contributed by atoms with van der Waals surface area (Å²) in [6.45, 7) is 2.29. The van der Waals surface area contributed by atoms with E-state index in [1.54, 1.807) is 29.2 Å². The van der Waals surface area contributed by atoms with Gasteiger partial charge in [0, 0.05) is 29.4 Å². The van der Waals surface area contributed by atoms with E-state index in [-0.39, 0.29) is 6.03 Å². The molecular formula is C11H13N5O2. The molecule has 1 heterocycles. The van der Waals surface area contributed by atoms with Crippen LogP contribution in [0, 0.1) is 0 Å². The van der Waals surface area contributed by atoms with Gasteiger partial charge >= 0.3 is 6.03 Å². The van der Waals surface area contributed by atoms with Gasteiger partial charge in [0.05, 0.1) is 13.2 Å². The first-order valence-electron chi connectivity index (χ1n) is 5.58. The summed E-state index contributed by atoms with van der Waals surface area (Å²) in [5.74, 6) is 0. The molecule has 7 heteroatoms. The van der Waals surface area contributed by atoms with E-state index in [9.17, 15) is 4.79 Å². The molecule has 0 radical (unpaired) electrons. The Morgan fingerprint density at radius 2 is 2.22 bits per heavy atom. The van der Waals surface area contributed by atoms with Crippen molar-refractivity contribution < 1.29 is 9.53 Å². The molecule has 1 aliphatic rings. The van der Waals surface area contributed by atoms with E-state index >= 15 is 0 Å². The topological polar surface area (TPSA) is 90.3 Å². The lowest BCUT2D eigenvalue weighted by molar-refractivity contribution is 0.0564. The van der Waals surface area contributed by atoms with Crippen molar-refractivity contribution in [3.05, 3.63) is 34.7 Å². The molecule has 0 aromatic heterocycles. The van der Waals surface area contributed by atoms with Crippen LogP contribution < -0.4 is 5.32 Å². The molecule has 18 heavy (non-hydrogen) atoms. The van der Waals surface area contributed by atoms with Gasteiger partial charge in [-0.3, -0.25) is 0 Å². The van der Waals surface area contributed by atoms with E-state index in [0.717, 1.165) is 0 Å². The number of carbonyl (C=O) groups is 1. The monoisotopic (exact) mass is 247 g/mol. The summed E-state index contributed by atoms with van der Waals surface area (Å²) >= 11 is 0. The van der Waals surface area contributed by atoms with E-state index in [0.29, 0.717) is 37.7 Å². The number of rotatable bonds is 2. The second kappa shape index (κ2) is 5.90. The van der Waals surface area contributed by atoms with E-state index < -0.39 is 0 Å². The molecule has 0 atom stereocenters. The van der Waals surface area contributed by atoms with Gasteiger partial charge in [-0.05, 0) is 17.7 Å². The molecule has 7 nitrogen and oxygen atoms in total. The van der Waals surface area contributed by atoms with E-state index in [1.807, 2.05) is 0 Å². The maximum atomic E-state index is 11.9. The number of carbonyl (C=O) groups excluding carboxylic acids is 1. The molecule has 2 amide bonds. The standard InChI is InChI=1S/C11H13N5O2/c12-15-14-10-3-1-2-9(8-10)13-11(17)16-4-6-18-7-5-16/h1-3,8H,4-7H2,(H,13,17). The number of azide groups is 1. The Labute approximate surface area is 104 Å². The first-order chi connectivity index (χ1) is 8.79. The zero-order chi connectivity index (χ0) is 12.8. The van der Waals surface area contributed by atoms with Crippen LogP contribution in [0.15, 0.2) is 29.4 Å². The fourth-order valence-corrected chi connectivity index (χ4v) is 1.67. The number of morpholine rings is 1. The third kappa shape index (κ3) is 3.13. The van der Waals surface area contributed by atoms with Crippen LogP contribution in [0.3, 0.4) is 0 Å². The molecule has 1 N–H and O–H groups in total. The lowest BCUT2D eigenvalue weighted by atomic mass is 10.3. The molecule has 1 aliphatic heterocycles. The van der Waals surface area contributed by atoms with Crippen LogP contribution in [0.5, 0.6) is 0 Å². The van der Waals surface area contributed by atoms with Crippen LogP contribution in [0.25, 0.3) is 10.4 Å². The van der Waals surface area contributed by atoms with Gasteiger partial charge in [0.1, 0.15) is 0 Å². The summed E-state index contributed by atoms with van der Waals surface area (Å²) in [6, 6.07) is 6.59. The highest BCUT2D eigenvalue weighted by Crippen LogP contribution is 2.18. The summed E-state index contributed by atoms with van der Waals surface area (Å²) in [6.07, 6.45) is 0. The van der Waals surface area contributed by atoms with Gasteiger partial charge in [-0.25, -0.2) is 4.79 Å². The summed E-state index contributed by atoms with van der Waals surface area (Å²) in [5.41, 5.74) is 9.42. The third-order valence-corrected chi connectivity index (χ3v) is 2.56. The molecule has 0 unspecified atom stereocenters. The Kier molecular flexibility index (Phi) is 4.01. The molecule has 0 bridgehead atoms. The first-order valence-corrected chi connectivity index (χ1v) is 5.58. The van der Waals surface area contributed by atoms with E-state index in [4.69, 9.17) is 10.3 Å². The minimum atomic E-state index is -0.170. The van der Waals surface area contributed by atoms with Crippen LogP contribution in [0.1, 0.15) is 0 Å². The zero-order valence-corrected chi connectivity index (χ0v) is 9.74. The Hall–Kier alpha value is -2.24. The maximum absolute atomic E-state index is 11.9. The fourth-order valence-electron chi connectivity index (χ4n) is 1.67. The number of amides is 2. The Balaban J connectivity index is 2.01. The number of hydrogen-bond donors (Lipinski definition) is 1. The number of ether oxygens (including phenoxy) is 1. The lowest BCUT2D eigenvalue weighted by Gasteiger charge is -2.26. The third-order valence-electron chi connectivity index (χ3n) is 2.56. The van der Waals surface area contributed by atoms with Gasteiger partial charge in [-0.15, -0.1) is 0 Å². The van der Waals surface area contributed by atoms with Crippen molar-refractivity contribution in [2.24, 2.45) is 5.11 Å². The van der Waals surface area contributed by atoms with Crippen LogP contribution >= 0.6 is 0 Å². The molecule has 1 aromatic rings. The van der Waals surface area contributed by atoms with Crippen molar-refractivity contribution in [1.82, 2.24) is 4.90 Å². The maximum Gasteiger partial charge on any atom is 0.321 e. The van der Waals surface area contributed by atoms with Crippen LogP contribution in [-0.4, -0.2) is 37.2 Å². The molecule has 2 rings (SSSR count). The normalized spacial score (nSPS) is 14.8. The number of nitrogens with zero attached hydrogens (tertiary/aromatic N) is 4. The highest BCUT2D eigenvalue weighted by molar-refractivity contribution is 5.89. The highest BCUT2D eigenvalue weighted by atomic mass is 16.5. The zero-order valence-electron chi connectivity index (χ0n) is 9.74. The Morgan fingerprint density at radius 3 is 2.94 bits per heavy atom. The SMILES string of the molecule is [N-]=[N+]=Nc1cccc(NC(=O)N2CCOCC2)c1. The van der Waals surface area contributed by atoms with Gasteiger partial charge in [-0.2, -0.15) is 0 Å². The minimum Gasteiger partial charge on any atom is -0.378 e. The van der Waals surface area contributed by atoms with Gasteiger partial charge in [0.25, 0.3) is 0 Å². The number of urea groups is 1. The number of benzene rings is 1. The molecule has 1 saturated heterocycles. The first kappa shape index (κ1) is 12.2. The molecule has 0 saturated carbocycles. The predicted octanol–water partition coefficient (Wildman–Crippen LogP) is 2.49. The molecule has 0 aliphatic carbocycles. The molecule has 1 aromatic carbocycles. The lowest BCUT2D eigenvalue weighted by Crippen LogP contribution is -2.43. The molecule has 1 fully saturated rings. The second-order valence-corrected chi connectivity index (χ2v) is 3.77. The van der Waals surface area contributed by atoms with Gasteiger partial charge in [-0.1, -0.05) is 17.2 Å². The number of anilines is 1. The molecule has 0 spiro atoms. The molecular weight excluding hydrogens is 234 g/mol. The van der Waals surface area contributed by atoms with Crippen LogP contribution in [0.2, 0.25) is 0 Å². The van der Waals surface area contributed by atoms with Crippen molar-refractivity contribution in [1.29, 1.82) is 0 Å². The predicted molar refractivity (Wildman–Crippen MR) is 66.7 cm³/mol. The van der Waals surface area contributed by atoms with Crippen molar-refractivity contribution in [3.8, 4) is 0 Å². The summed E-state index contributed by atoms with van der Waals surface area (Å²) < 4.78 is 5.17. The smallest absolute Gasteiger partial charge is 0.321 e. The van der Waals surface area contributed by atoms with Crippen molar-refractivity contribution >= 4 is 17.4 Å². The Morgan fingerprint density at radius 1 is 1.44 bits per heavy atom. The molecule has 94 valence electrons. The van der Waals surface area contributed by atoms with Gasteiger partial charge in [0.15, 0.2) is 0 Å². The minimum absolute atomic E-state index is 0.170. The van der Waals surface area contributed by atoms with E-state index in [1.165, 1.54) is 0 Å². The van der Waals surface area contributed by atoms with Crippen LogP contribution in [0.4, 0.5) is 16.2 Å². The van der Waals surface area contributed by atoms with E-state index in [2.05, 4.69) is 15.3 Å². The summed E-state index contributed by atoms with van der Waals surface area (Å²) in [5, 5.41) is 6.24. The quantitative estimate of drug-likeness (QED) is 0.494. The fraction of sp³-hybridized carbons (Fsp3) is 0.364.